The second kappa shape index (κ2) is 7.91. The summed E-state index contributed by atoms with van der Waals surface area (Å²) in [5.41, 5.74) is 2.38. The fourth-order valence-electron chi connectivity index (χ4n) is 2.08. The zero-order valence-electron chi connectivity index (χ0n) is 12.6. The first-order valence-electron chi connectivity index (χ1n) is 7.10. The van der Waals surface area contributed by atoms with Gasteiger partial charge in [0, 0.05) is 26.1 Å². The van der Waals surface area contributed by atoms with Crippen molar-refractivity contribution >= 4 is 54.5 Å². The van der Waals surface area contributed by atoms with Crippen molar-refractivity contribution in [3.05, 3.63) is 73.8 Å². The summed E-state index contributed by atoms with van der Waals surface area (Å²) in [5, 5.41) is 14.7. The van der Waals surface area contributed by atoms with Crippen LogP contribution < -0.4 is 5.32 Å². The van der Waals surface area contributed by atoms with Crippen molar-refractivity contribution in [2.75, 3.05) is 5.32 Å². The van der Waals surface area contributed by atoms with Gasteiger partial charge in [-0.3, -0.25) is 0 Å². The number of hydrogen-bond donors (Lipinski definition) is 1. The second-order valence-corrected chi connectivity index (χ2v) is 7.68. The molecule has 3 nitrogen and oxygen atoms in total. The zero-order valence-corrected chi connectivity index (χ0v) is 16.6. The van der Waals surface area contributed by atoms with Crippen LogP contribution in [0.25, 0.3) is 16.8 Å². The fourth-order valence-corrected chi connectivity index (χ4v) is 3.60. The molecule has 0 amide bonds. The van der Waals surface area contributed by atoms with Gasteiger partial charge in [0.05, 0.1) is 11.4 Å². The first kappa shape index (κ1) is 17.8. The number of nitrogens with zero attached hydrogens (tertiary/aromatic N) is 2. The van der Waals surface area contributed by atoms with Gasteiger partial charge < -0.3 is 5.32 Å². The van der Waals surface area contributed by atoms with Crippen molar-refractivity contribution in [1.82, 2.24) is 4.98 Å². The molecule has 1 aromatic heterocycles. The number of allylic oxidation sites excluding steroid dienone is 1. The lowest BCUT2D eigenvalue weighted by Gasteiger charge is -2.03. The highest BCUT2D eigenvalue weighted by Gasteiger charge is 2.10. The average Bonchev–Trinajstić information content (AvgIpc) is 3.07. The number of aromatic nitrogens is 1. The number of hydrogen-bond acceptors (Lipinski definition) is 4. The third kappa shape index (κ3) is 4.34. The topological polar surface area (TPSA) is 48.7 Å². The Morgan fingerprint density at radius 2 is 2.00 bits per heavy atom. The van der Waals surface area contributed by atoms with Crippen LogP contribution in [0.1, 0.15) is 5.01 Å². The highest BCUT2D eigenvalue weighted by molar-refractivity contribution is 9.10. The molecule has 0 spiro atoms. The van der Waals surface area contributed by atoms with Gasteiger partial charge >= 0.3 is 0 Å². The second-order valence-electron chi connectivity index (χ2n) is 4.99. The van der Waals surface area contributed by atoms with Crippen molar-refractivity contribution in [3.8, 4) is 17.3 Å². The maximum Gasteiger partial charge on any atom is 0.147 e. The van der Waals surface area contributed by atoms with E-state index >= 15 is 0 Å². The lowest BCUT2D eigenvalue weighted by Crippen LogP contribution is -1.94. The average molecular weight is 479 g/mol. The predicted octanol–water partition coefficient (Wildman–Crippen LogP) is 6.45. The number of anilines is 1. The standard InChI is InChI=1S/C18H10Br2FN3S/c19-13-3-1-2-11(6-13)17-10-25-18(24-17)12(8-22)9-23-16-5-4-14(20)7-15(16)21/h1-7,9-10,23H/b12-9+. The van der Waals surface area contributed by atoms with Gasteiger partial charge in [0.15, 0.2) is 0 Å². The van der Waals surface area contributed by atoms with E-state index in [-0.39, 0.29) is 0 Å². The molecule has 0 atom stereocenters. The molecule has 3 rings (SSSR count). The first-order chi connectivity index (χ1) is 12.1. The monoisotopic (exact) mass is 477 g/mol. The van der Waals surface area contributed by atoms with Crippen molar-refractivity contribution in [1.29, 1.82) is 5.26 Å². The SMILES string of the molecule is N#C/C(=C\Nc1ccc(Br)cc1F)c1nc(-c2cccc(Br)c2)cs1. The van der Waals surface area contributed by atoms with Crippen LogP contribution >= 0.6 is 43.2 Å². The quantitative estimate of drug-likeness (QED) is 0.438. The minimum absolute atomic E-state index is 0.291. The largest absolute Gasteiger partial charge is 0.358 e. The van der Waals surface area contributed by atoms with E-state index in [0.29, 0.717) is 20.7 Å². The molecule has 2 aromatic carbocycles. The molecule has 0 aliphatic heterocycles. The van der Waals surface area contributed by atoms with E-state index < -0.39 is 5.82 Å². The van der Waals surface area contributed by atoms with Gasteiger partial charge in [-0.2, -0.15) is 5.26 Å². The molecule has 0 bridgehead atoms. The molecule has 3 aromatic rings. The molecule has 0 saturated heterocycles. The number of nitrogens with one attached hydrogen (secondary N) is 1. The smallest absolute Gasteiger partial charge is 0.147 e. The van der Waals surface area contributed by atoms with Crippen LogP contribution in [0.5, 0.6) is 0 Å². The molecule has 25 heavy (non-hydrogen) atoms. The lowest BCUT2D eigenvalue weighted by molar-refractivity contribution is 0.631. The van der Waals surface area contributed by atoms with Crippen molar-refractivity contribution in [2.45, 2.75) is 0 Å². The summed E-state index contributed by atoms with van der Waals surface area (Å²) < 4.78 is 15.5. The minimum atomic E-state index is -0.406. The highest BCUT2D eigenvalue weighted by Crippen LogP contribution is 2.28. The third-order valence-corrected chi connectivity index (χ3v) is 5.14. The van der Waals surface area contributed by atoms with E-state index in [1.165, 1.54) is 23.6 Å². The number of halogens is 3. The summed E-state index contributed by atoms with van der Waals surface area (Å²) in [6.45, 7) is 0. The Balaban J connectivity index is 1.85. The molecular formula is C18H10Br2FN3S. The number of benzene rings is 2. The Labute approximate surface area is 165 Å². The van der Waals surface area contributed by atoms with E-state index in [1.54, 1.807) is 12.1 Å². The molecule has 0 aliphatic rings. The highest BCUT2D eigenvalue weighted by atomic mass is 79.9. The van der Waals surface area contributed by atoms with Gasteiger partial charge in [-0.15, -0.1) is 11.3 Å². The van der Waals surface area contributed by atoms with Gasteiger partial charge in [0.1, 0.15) is 22.5 Å². The summed E-state index contributed by atoms with van der Waals surface area (Å²) >= 11 is 8.01. The summed E-state index contributed by atoms with van der Waals surface area (Å²) in [6.07, 6.45) is 1.47. The molecule has 0 fully saturated rings. The number of rotatable bonds is 4. The van der Waals surface area contributed by atoms with Gasteiger partial charge in [-0.25, -0.2) is 9.37 Å². The van der Waals surface area contributed by atoms with Gasteiger partial charge in [0.2, 0.25) is 0 Å². The van der Waals surface area contributed by atoms with Crippen LogP contribution in [0.3, 0.4) is 0 Å². The molecular weight excluding hydrogens is 469 g/mol. The molecule has 1 heterocycles. The Morgan fingerprint density at radius 1 is 1.20 bits per heavy atom. The van der Waals surface area contributed by atoms with Gasteiger partial charge in [-0.1, -0.05) is 44.0 Å². The van der Waals surface area contributed by atoms with E-state index in [2.05, 4.69) is 48.2 Å². The molecule has 0 unspecified atom stereocenters. The Morgan fingerprint density at radius 3 is 2.72 bits per heavy atom. The fraction of sp³-hybridized carbons (Fsp3) is 0. The van der Waals surface area contributed by atoms with E-state index in [1.807, 2.05) is 29.6 Å². The molecule has 1 N–H and O–H groups in total. The molecule has 0 saturated carbocycles. The molecule has 7 heteroatoms. The summed E-state index contributed by atoms with van der Waals surface area (Å²) in [7, 11) is 0. The van der Waals surface area contributed by atoms with Crippen LogP contribution in [-0.2, 0) is 0 Å². The molecule has 0 aliphatic carbocycles. The Kier molecular flexibility index (Phi) is 5.63. The van der Waals surface area contributed by atoms with Crippen LogP contribution in [0, 0.1) is 17.1 Å². The normalized spacial score (nSPS) is 11.2. The Hall–Kier alpha value is -2.01. The minimum Gasteiger partial charge on any atom is -0.358 e. The third-order valence-electron chi connectivity index (χ3n) is 3.28. The van der Waals surface area contributed by atoms with Gasteiger partial charge in [0.25, 0.3) is 0 Å². The maximum atomic E-state index is 13.8. The first-order valence-corrected chi connectivity index (χ1v) is 9.57. The van der Waals surface area contributed by atoms with Crippen LogP contribution in [-0.4, -0.2) is 4.98 Å². The number of nitriles is 1. The molecule has 124 valence electrons. The number of thiazole rings is 1. The van der Waals surface area contributed by atoms with E-state index in [0.717, 1.165) is 15.7 Å². The van der Waals surface area contributed by atoms with Crippen LogP contribution in [0.15, 0.2) is 63.0 Å². The van der Waals surface area contributed by atoms with Gasteiger partial charge in [-0.05, 0) is 30.3 Å². The van der Waals surface area contributed by atoms with Crippen molar-refractivity contribution in [2.24, 2.45) is 0 Å². The zero-order chi connectivity index (χ0) is 17.8. The van der Waals surface area contributed by atoms with Crippen molar-refractivity contribution in [3.63, 3.8) is 0 Å². The summed E-state index contributed by atoms with van der Waals surface area (Å²) in [5.74, 6) is -0.406. The molecule has 0 radical (unpaired) electrons. The van der Waals surface area contributed by atoms with E-state index in [9.17, 15) is 9.65 Å². The van der Waals surface area contributed by atoms with E-state index in [4.69, 9.17) is 0 Å². The van der Waals surface area contributed by atoms with Crippen LogP contribution in [0.2, 0.25) is 0 Å². The predicted molar refractivity (Wildman–Crippen MR) is 107 cm³/mol. The Bertz CT molecular complexity index is 992. The lowest BCUT2D eigenvalue weighted by atomic mass is 10.2. The summed E-state index contributed by atoms with van der Waals surface area (Å²) in [4.78, 5) is 4.51. The van der Waals surface area contributed by atoms with Crippen molar-refractivity contribution < 1.29 is 4.39 Å². The maximum absolute atomic E-state index is 13.8. The van der Waals surface area contributed by atoms with Crippen LogP contribution in [0.4, 0.5) is 10.1 Å². The summed E-state index contributed by atoms with van der Waals surface area (Å²) in [6, 6.07) is 14.6.